The third-order valence-corrected chi connectivity index (χ3v) is 3.48. The maximum atomic E-state index is 11.1. The second-order valence-corrected chi connectivity index (χ2v) is 7.26. The summed E-state index contributed by atoms with van der Waals surface area (Å²) in [5, 5.41) is 8.97. The van der Waals surface area contributed by atoms with E-state index in [1.807, 2.05) is 11.9 Å². The maximum Gasteiger partial charge on any atom is 0.308 e. The Morgan fingerprint density at radius 1 is 1.35 bits per heavy atom. The third kappa shape index (κ3) is 9.12. The van der Waals surface area contributed by atoms with Crippen molar-refractivity contribution >= 4 is 15.8 Å². The topological polar surface area (TPSA) is 74.7 Å². The summed E-state index contributed by atoms with van der Waals surface area (Å²) in [5.74, 6) is -1.64. The van der Waals surface area contributed by atoms with Crippen LogP contribution in [0.1, 0.15) is 20.3 Å². The van der Waals surface area contributed by atoms with Crippen LogP contribution in [0.2, 0.25) is 0 Å². The lowest BCUT2D eigenvalue weighted by molar-refractivity contribution is -0.141. The molecule has 0 aromatic heterocycles. The number of carboxylic acids is 1. The Kier molecular flexibility index (Phi) is 6.70. The Morgan fingerprint density at radius 3 is 2.24 bits per heavy atom. The molecule has 0 aliphatic carbocycles. The molecule has 0 rings (SSSR count). The second kappa shape index (κ2) is 6.96. The molecule has 1 N–H and O–H groups in total. The average molecular weight is 265 g/mol. The molecule has 0 radical (unpaired) electrons. The minimum absolute atomic E-state index is 0.273. The largest absolute Gasteiger partial charge is 0.481 e. The molecule has 0 aromatic carbocycles. The molecular formula is C11H23NO4S. The summed E-state index contributed by atoms with van der Waals surface area (Å²) in [7, 11) is -1.43. The molecule has 0 aliphatic rings. The Hall–Kier alpha value is -0.620. The normalized spacial score (nSPS) is 14.2. The van der Waals surface area contributed by atoms with Crippen molar-refractivity contribution < 1.29 is 18.3 Å². The van der Waals surface area contributed by atoms with Crippen LogP contribution in [0.3, 0.4) is 0 Å². The van der Waals surface area contributed by atoms with Crippen LogP contribution in [0, 0.1) is 11.8 Å². The highest BCUT2D eigenvalue weighted by molar-refractivity contribution is 7.90. The maximum absolute atomic E-state index is 11.1. The van der Waals surface area contributed by atoms with Gasteiger partial charge < -0.3 is 10.0 Å². The molecule has 0 saturated carbocycles. The Labute approximate surface area is 104 Å². The van der Waals surface area contributed by atoms with Gasteiger partial charge in [-0.25, -0.2) is 8.42 Å². The van der Waals surface area contributed by atoms with Gasteiger partial charge in [-0.2, -0.15) is 0 Å². The first kappa shape index (κ1) is 16.4. The molecule has 1 unspecified atom stereocenters. The minimum atomic E-state index is -3.25. The van der Waals surface area contributed by atoms with Gasteiger partial charge in [0.15, 0.2) is 0 Å². The minimum Gasteiger partial charge on any atom is -0.481 e. The van der Waals surface area contributed by atoms with E-state index in [9.17, 15) is 13.2 Å². The molecule has 1 atom stereocenters. The molecule has 102 valence electrons. The van der Waals surface area contributed by atoms with Gasteiger partial charge in [-0.05, 0) is 25.9 Å². The van der Waals surface area contributed by atoms with Crippen LogP contribution in [-0.2, 0) is 14.6 Å². The van der Waals surface area contributed by atoms with Gasteiger partial charge >= 0.3 is 5.97 Å². The lowest BCUT2D eigenvalue weighted by Gasteiger charge is -2.21. The van der Waals surface area contributed by atoms with E-state index in [0.717, 1.165) is 19.2 Å². The van der Waals surface area contributed by atoms with Crippen LogP contribution in [0.25, 0.3) is 0 Å². The van der Waals surface area contributed by atoms with Gasteiger partial charge in [-0.1, -0.05) is 13.8 Å². The van der Waals surface area contributed by atoms with Crippen molar-refractivity contribution in [3.05, 3.63) is 0 Å². The first-order valence-electron chi connectivity index (χ1n) is 5.71. The molecule has 0 heterocycles. The molecule has 0 saturated heterocycles. The van der Waals surface area contributed by atoms with Crippen LogP contribution in [0.5, 0.6) is 0 Å². The lowest BCUT2D eigenvalue weighted by atomic mass is 10.1. The van der Waals surface area contributed by atoms with E-state index in [2.05, 4.69) is 13.8 Å². The highest BCUT2D eigenvalue weighted by Crippen LogP contribution is 2.06. The average Bonchev–Trinajstić information content (AvgIpc) is 2.11. The van der Waals surface area contributed by atoms with Crippen molar-refractivity contribution in [1.29, 1.82) is 0 Å². The van der Waals surface area contributed by atoms with E-state index in [1.54, 1.807) is 0 Å². The summed E-state index contributed by atoms with van der Waals surface area (Å²) in [6.07, 6.45) is 2.04. The van der Waals surface area contributed by atoms with E-state index in [-0.39, 0.29) is 12.3 Å². The molecule has 0 spiro atoms. The Bertz CT molecular complexity index is 337. The SMILES string of the molecule is CC(C)CCN(C)CC(CS(C)(=O)=O)C(=O)O. The van der Waals surface area contributed by atoms with E-state index >= 15 is 0 Å². The van der Waals surface area contributed by atoms with Gasteiger partial charge in [-0.3, -0.25) is 4.79 Å². The van der Waals surface area contributed by atoms with Crippen molar-refractivity contribution in [1.82, 2.24) is 4.90 Å². The molecular weight excluding hydrogens is 242 g/mol. The summed E-state index contributed by atoms with van der Waals surface area (Å²) in [6.45, 7) is 5.25. The van der Waals surface area contributed by atoms with E-state index in [0.29, 0.717) is 5.92 Å². The van der Waals surface area contributed by atoms with Crippen molar-refractivity contribution in [3.8, 4) is 0 Å². The van der Waals surface area contributed by atoms with Crippen molar-refractivity contribution in [2.45, 2.75) is 20.3 Å². The van der Waals surface area contributed by atoms with Crippen LogP contribution in [0.4, 0.5) is 0 Å². The molecule has 0 amide bonds. The van der Waals surface area contributed by atoms with Crippen molar-refractivity contribution in [3.63, 3.8) is 0 Å². The van der Waals surface area contributed by atoms with Gasteiger partial charge in [0.05, 0.1) is 11.7 Å². The number of hydrogen-bond acceptors (Lipinski definition) is 4. The molecule has 0 aliphatic heterocycles. The summed E-state index contributed by atoms with van der Waals surface area (Å²) in [5.41, 5.74) is 0. The number of carboxylic acid groups (broad SMARTS) is 1. The number of nitrogens with zero attached hydrogens (tertiary/aromatic N) is 1. The zero-order valence-corrected chi connectivity index (χ0v) is 11.8. The van der Waals surface area contributed by atoms with Gasteiger partial charge in [0, 0.05) is 12.8 Å². The number of carbonyl (C=O) groups is 1. The molecule has 17 heavy (non-hydrogen) atoms. The Morgan fingerprint density at radius 2 is 1.88 bits per heavy atom. The first-order chi connectivity index (χ1) is 7.61. The Balaban J connectivity index is 4.31. The van der Waals surface area contributed by atoms with Crippen LogP contribution in [0.15, 0.2) is 0 Å². The number of sulfone groups is 1. The van der Waals surface area contributed by atoms with E-state index in [1.165, 1.54) is 0 Å². The zero-order valence-electron chi connectivity index (χ0n) is 11.0. The van der Waals surface area contributed by atoms with Crippen molar-refractivity contribution in [2.75, 3.05) is 32.1 Å². The predicted octanol–water partition coefficient (Wildman–Crippen LogP) is 0.710. The van der Waals surface area contributed by atoms with Crippen LogP contribution < -0.4 is 0 Å². The highest BCUT2D eigenvalue weighted by Gasteiger charge is 2.23. The lowest BCUT2D eigenvalue weighted by Crippen LogP contribution is -2.35. The molecule has 5 nitrogen and oxygen atoms in total. The number of aliphatic carboxylic acids is 1. The van der Waals surface area contributed by atoms with Gasteiger partial charge in [0.1, 0.15) is 9.84 Å². The molecule has 0 bridgehead atoms. The van der Waals surface area contributed by atoms with Gasteiger partial charge in [0.2, 0.25) is 0 Å². The third-order valence-electron chi connectivity index (χ3n) is 2.47. The smallest absolute Gasteiger partial charge is 0.308 e. The summed E-state index contributed by atoms with van der Waals surface area (Å²) >= 11 is 0. The van der Waals surface area contributed by atoms with Crippen molar-refractivity contribution in [2.24, 2.45) is 11.8 Å². The fraction of sp³-hybridized carbons (Fsp3) is 0.909. The highest BCUT2D eigenvalue weighted by atomic mass is 32.2. The summed E-state index contributed by atoms with van der Waals surface area (Å²) in [4.78, 5) is 12.8. The van der Waals surface area contributed by atoms with Crippen LogP contribution in [-0.4, -0.2) is 56.5 Å². The number of hydrogen-bond donors (Lipinski definition) is 1. The fourth-order valence-electron chi connectivity index (χ4n) is 1.51. The van der Waals surface area contributed by atoms with Crippen LogP contribution >= 0.6 is 0 Å². The van der Waals surface area contributed by atoms with E-state index < -0.39 is 21.7 Å². The predicted molar refractivity (Wildman–Crippen MR) is 67.8 cm³/mol. The van der Waals surface area contributed by atoms with Gasteiger partial charge in [-0.15, -0.1) is 0 Å². The van der Waals surface area contributed by atoms with E-state index in [4.69, 9.17) is 5.11 Å². The first-order valence-corrected chi connectivity index (χ1v) is 7.77. The number of rotatable bonds is 8. The molecule has 0 fully saturated rings. The zero-order chi connectivity index (χ0) is 13.6. The molecule has 6 heteroatoms. The standard InChI is InChI=1S/C11H23NO4S/c1-9(2)5-6-12(3)7-10(11(13)14)8-17(4,15)16/h9-10H,5-8H2,1-4H3,(H,13,14). The summed E-state index contributed by atoms with van der Waals surface area (Å²) < 4.78 is 22.2. The monoisotopic (exact) mass is 265 g/mol. The summed E-state index contributed by atoms with van der Waals surface area (Å²) in [6, 6.07) is 0. The second-order valence-electron chi connectivity index (χ2n) is 5.07. The fourth-order valence-corrected chi connectivity index (χ4v) is 2.49. The van der Waals surface area contributed by atoms with Gasteiger partial charge in [0.25, 0.3) is 0 Å². The molecule has 0 aromatic rings. The quantitative estimate of drug-likeness (QED) is 0.699.